The first-order valence-corrected chi connectivity index (χ1v) is 9.71. The lowest BCUT2D eigenvalue weighted by Gasteiger charge is -2.33. The number of ether oxygens (including phenoxy) is 1. The van der Waals surface area contributed by atoms with Gasteiger partial charge in [-0.15, -0.1) is 0 Å². The van der Waals surface area contributed by atoms with E-state index in [0.29, 0.717) is 11.6 Å². The molecule has 2 amide bonds. The summed E-state index contributed by atoms with van der Waals surface area (Å²) >= 11 is 0. The topological polar surface area (TPSA) is 94.5 Å². The van der Waals surface area contributed by atoms with E-state index in [-0.39, 0.29) is 18.4 Å². The highest BCUT2D eigenvalue weighted by molar-refractivity contribution is 5.91. The number of rotatable bonds is 6. The summed E-state index contributed by atoms with van der Waals surface area (Å²) in [5.41, 5.74) is 1.37. The van der Waals surface area contributed by atoms with E-state index >= 15 is 0 Å². The molecular weight excluding hydrogens is 356 g/mol. The molecule has 1 aromatic carbocycles. The van der Waals surface area contributed by atoms with Crippen molar-refractivity contribution in [2.45, 2.75) is 52.2 Å². The van der Waals surface area contributed by atoms with E-state index in [9.17, 15) is 9.59 Å². The standard InChI is InChI=1S/C21H30N4O3/c1-21(2,3)28-20(27)25-12-9-17(10-13-25)15-23-14-16-4-6-18(7-5-16)24-19(26)8-11-22/h4-7,17,23H,8-10,12-15H2,1-3H3,(H,24,26). The molecule has 0 saturated carbocycles. The SMILES string of the molecule is CC(C)(C)OC(=O)N1CCC(CNCc2ccc(NC(=O)CC#N)cc2)CC1. The Bertz CT molecular complexity index is 696. The summed E-state index contributed by atoms with van der Waals surface area (Å²) in [6.07, 6.45) is 1.57. The smallest absolute Gasteiger partial charge is 0.410 e. The molecule has 1 aromatic rings. The molecule has 0 bridgehead atoms. The third-order valence-electron chi connectivity index (χ3n) is 4.51. The summed E-state index contributed by atoms with van der Waals surface area (Å²) in [6, 6.07) is 9.42. The monoisotopic (exact) mass is 386 g/mol. The molecule has 0 spiro atoms. The van der Waals surface area contributed by atoms with Gasteiger partial charge in [-0.1, -0.05) is 12.1 Å². The summed E-state index contributed by atoms with van der Waals surface area (Å²) in [4.78, 5) is 25.3. The van der Waals surface area contributed by atoms with Crippen molar-refractivity contribution in [3.05, 3.63) is 29.8 Å². The molecule has 0 atom stereocenters. The van der Waals surface area contributed by atoms with E-state index in [1.807, 2.05) is 51.1 Å². The normalized spacial score (nSPS) is 15.0. The van der Waals surface area contributed by atoms with E-state index in [2.05, 4.69) is 10.6 Å². The van der Waals surface area contributed by atoms with Crippen LogP contribution in [-0.4, -0.2) is 42.1 Å². The summed E-state index contributed by atoms with van der Waals surface area (Å²) in [5, 5.41) is 14.7. The maximum Gasteiger partial charge on any atom is 0.410 e. The second-order valence-corrected chi connectivity index (χ2v) is 8.12. The van der Waals surface area contributed by atoms with Gasteiger partial charge >= 0.3 is 6.09 Å². The van der Waals surface area contributed by atoms with Gasteiger partial charge in [0.1, 0.15) is 12.0 Å². The Hall–Kier alpha value is -2.59. The fourth-order valence-electron chi connectivity index (χ4n) is 3.05. The van der Waals surface area contributed by atoms with Gasteiger partial charge in [0.25, 0.3) is 0 Å². The number of carbonyl (C=O) groups excluding carboxylic acids is 2. The van der Waals surface area contributed by atoms with E-state index in [1.165, 1.54) is 0 Å². The molecule has 1 aliphatic rings. The molecule has 1 fully saturated rings. The highest BCUT2D eigenvalue weighted by Gasteiger charge is 2.26. The molecule has 0 aromatic heterocycles. The number of piperidine rings is 1. The second kappa shape index (κ2) is 10.1. The molecule has 1 aliphatic heterocycles. The Morgan fingerprint density at radius 1 is 1.21 bits per heavy atom. The van der Waals surface area contributed by atoms with Gasteiger partial charge in [-0.2, -0.15) is 5.26 Å². The van der Waals surface area contributed by atoms with Crippen molar-refractivity contribution in [3.8, 4) is 6.07 Å². The van der Waals surface area contributed by atoms with Crippen LogP contribution < -0.4 is 10.6 Å². The van der Waals surface area contributed by atoms with Crippen LogP contribution in [0.5, 0.6) is 0 Å². The molecule has 7 nitrogen and oxygen atoms in total. The Morgan fingerprint density at radius 2 is 1.86 bits per heavy atom. The number of benzene rings is 1. The molecule has 0 unspecified atom stereocenters. The predicted octanol–water partition coefficient (Wildman–Crippen LogP) is 3.28. The number of likely N-dealkylation sites (tertiary alicyclic amines) is 1. The highest BCUT2D eigenvalue weighted by Crippen LogP contribution is 2.19. The minimum Gasteiger partial charge on any atom is -0.444 e. The first-order chi connectivity index (χ1) is 13.3. The van der Waals surface area contributed by atoms with E-state index in [0.717, 1.165) is 44.6 Å². The number of hydrogen-bond acceptors (Lipinski definition) is 5. The average Bonchev–Trinajstić information content (AvgIpc) is 2.62. The molecule has 0 radical (unpaired) electrons. The number of hydrogen-bond donors (Lipinski definition) is 2. The van der Waals surface area contributed by atoms with Gasteiger partial charge in [0.05, 0.1) is 6.07 Å². The Kier molecular flexibility index (Phi) is 7.82. The quantitative estimate of drug-likeness (QED) is 0.782. The van der Waals surface area contributed by atoms with Gasteiger partial charge in [0, 0.05) is 25.3 Å². The molecule has 2 rings (SSSR count). The van der Waals surface area contributed by atoms with Gasteiger partial charge in [-0.25, -0.2) is 4.79 Å². The zero-order valence-corrected chi connectivity index (χ0v) is 17.0. The van der Waals surface area contributed by atoms with Crippen LogP contribution in [0.2, 0.25) is 0 Å². The van der Waals surface area contributed by atoms with Crippen molar-refractivity contribution in [1.29, 1.82) is 5.26 Å². The molecule has 1 saturated heterocycles. The maximum atomic E-state index is 12.1. The van der Waals surface area contributed by atoms with Crippen molar-refractivity contribution in [1.82, 2.24) is 10.2 Å². The minimum atomic E-state index is -0.455. The number of nitrogens with zero attached hydrogens (tertiary/aromatic N) is 2. The third kappa shape index (κ3) is 7.57. The van der Waals surface area contributed by atoms with Crippen LogP contribution in [0.3, 0.4) is 0 Å². The fourth-order valence-corrected chi connectivity index (χ4v) is 3.05. The largest absolute Gasteiger partial charge is 0.444 e. The Labute approximate surface area is 167 Å². The molecule has 28 heavy (non-hydrogen) atoms. The lowest BCUT2D eigenvalue weighted by atomic mass is 9.97. The zero-order valence-electron chi connectivity index (χ0n) is 17.0. The molecular formula is C21H30N4O3. The summed E-state index contributed by atoms with van der Waals surface area (Å²) in [5.74, 6) is 0.245. The van der Waals surface area contributed by atoms with Crippen molar-refractivity contribution in [3.63, 3.8) is 0 Å². The summed E-state index contributed by atoms with van der Waals surface area (Å²) < 4.78 is 5.43. The van der Waals surface area contributed by atoms with Crippen LogP contribution in [0, 0.1) is 17.2 Å². The number of carbonyl (C=O) groups is 2. The molecule has 2 N–H and O–H groups in total. The lowest BCUT2D eigenvalue weighted by molar-refractivity contribution is -0.115. The van der Waals surface area contributed by atoms with Gasteiger partial charge < -0.3 is 20.3 Å². The minimum absolute atomic E-state index is 0.143. The molecule has 1 heterocycles. The summed E-state index contributed by atoms with van der Waals surface area (Å²) in [6.45, 7) is 8.77. The van der Waals surface area contributed by atoms with E-state index in [4.69, 9.17) is 10.00 Å². The van der Waals surface area contributed by atoms with E-state index < -0.39 is 5.60 Å². The van der Waals surface area contributed by atoms with Crippen LogP contribution in [-0.2, 0) is 16.1 Å². The number of anilines is 1. The fraction of sp³-hybridized carbons (Fsp3) is 0.571. The molecule has 7 heteroatoms. The third-order valence-corrected chi connectivity index (χ3v) is 4.51. The van der Waals surface area contributed by atoms with Gasteiger partial charge in [0.2, 0.25) is 5.91 Å². The zero-order chi connectivity index (χ0) is 20.6. The molecule has 0 aliphatic carbocycles. The van der Waals surface area contributed by atoms with Gasteiger partial charge in [0.15, 0.2) is 0 Å². The van der Waals surface area contributed by atoms with Crippen molar-refractivity contribution in [2.24, 2.45) is 5.92 Å². The predicted molar refractivity (Wildman–Crippen MR) is 108 cm³/mol. The first kappa shape index (κ1) is 21.7. The molecule has 152 valence electrons. The Balaban J connectivity index is 1.67. The summed E-state index contributed by atoms with van der Waals surface area (Å²) in [7, 11) is 0. The van der Waals surface area contributed by atoms with Crippen molar-refractivity contribution in [2.75, 3.05) is 25.0 Å². The number of nitriles is 1. The number of amides is 2. The average molecular weight is 386 g/mol. The van der Waals surface area contributed by atoms with Crippen LogP contribution in [0.25, 0.3) is 0 Å². The van der Waals surface area contributed by atoms with Crippen molar-refractivity contribution < 1.29 is 14.3 Å². The van der Waals surface area contributed by atoms with Crippen LogP contribution in [0.15, 0.2) is 24.3 Å². The second-order valence-electron chi connectivity index (χ2n) is 8.12. The lowest BCUT2D eigenvalue weighted by Crippen LogP contribution is -2.43. The maximum absolute atomic E-state index is 12.1. The Morgan fingerprint density at radius 3 is 2.43 bits per heavy atom. The highest BCUT2D eigenvalue weighted by atomic mass is 16.6. The van der Waals surface area contributed by atoms with Gasteiger partial charge in [-0.05, 0) is 63.8 Å². The first-order valence-electron chi connectivity index (χ1n) is 9.71. The number of nitrogens with one attached hydrogen (secondary N) is 2. The van der Waals surface area contributed by atoms with Crippen molar-refractivity contribution >= 4 is 17.7 Å². The van der Waals surface area contributed by atoms with Crippen LogP contribution in [0.1, 0.15) is 45.6 Å². The van der Waals surface area contributed by atoms with Crippen LogP contribution >= 0.6 is 0 Å². The van der Waals surface area contributed by atoms with Gasteiger partial charge in [-0.3, -0.25) is 4.79 Å². The van der Waals surface area contributed by atoms with Crippen LogP contribution in [0.4, 0.5) is 10.5 Å². The van der Waals surface area contributed by atoms with E-state index in [1.54, 1.807) is 4.90 Å².